The first-order valence-corrected chi connectivity index (χ1v) is 18.8. The zero-order chi connectivity index (χ0) is 25.2. The molecule has 0 bridgehead atoms. The molecule has 1 aromatic rings. The lowest BCUT2D eigenvalue weighted by Crippen LogP contribution is -2.76. The van der Waals surface area contributed by atoms with Crippen molar-refractivity contribution in [3.63, 3.8) is 0 Å². The number of hydrogen-bond donors (Lipinski definition) is 0. The molecule has 6 nitrogen and oxygen atoms in total. The summed E-state index contributed by atoms with van der Waals surface area (Å²) in [4.78, 5) is 5.00. The summed E-state index contributed by atoms with van der Waals surface area (Å²) in [7, 11) is 0.595. The van der Waals surface area contributed by atoms with Gasteiger partial charge >= 0.3 is 8.56 Å². The van der Waals surface area contributed by atoms with Crippen molar-refractivity contribution in [2.45, 2.75) is 58.2 Å². The molecule has 0 amide bonds. The van der Waals surface area contributed by atoms with Gasteiger partial charge in [-0.25, -0.2) is 0 Å². The minimum Gasteiger partial charge on any atom is -0.395 e. The third kappa shape index (κ3) is 7.95. The zero-order valence-electron chi connectivity index (χ0n) is 23.3. The summed E-state index contributed by atoms with van der Waals surface area (Å²) in [5, 5.41) is 1.63. The smallest absolute Gasteiger partial charge is 0.334 e. The summed E-state index contributed by atoms with van der Waals surface area (Å²) in [5.41, 5.74) is 0. The van der Waals surface area contributed by atoms with Crippen LogP contribution in [0.4, 0.5) is 0 Å². The van der Waals surface area contributed by atoms with Crippen LogP contribution in [0.1, 0.15) is 39.5 Å². The molecule has 35 heavy (non-hydrogen) atoms. The van der Waals surface area contributed by atoms with Crippen LogP contribution < -0.4 is 5.19 Å². The van der Waals surface area contributed by atoms with Crippen LogP contribution in [0.15, 0.2) is 30.3 Å². The molecule has 0 unspecified atom stereocenters. The Kier molecular flexibility index (Phi) is 11.9. The summed E-state index contributed by atoms with van der Waals surface area (Å²) in [6, 6.07) is 14.1. The van der Waals surface area contributed by atoms with Crippen LogP contribution in [0.3, 0.4) is 0 Å². The minimum atomic E-state index is -1.98. The van der Waals surface area contributed by atoms with Gasteiger partial charge in [0.1, 0.15) is 0 Å². The summed E-state index contributed by atoms with van der Waals surface area (Å²) >= 11 is 0. The molecule has 2 fully saturated rings. The lowest BCUT2D eigenvalue weighted by molar-refractivity contribution is 0.172. The second-order valence-corrected chi connectivity index (χ2v) is 18.0. The summed E-state index contributed by atoms with van der Waals surface area (Å²) in [5.74, 6) is 0. The number of unbranched alkanes of at least 4 members (excludes halogenated alkanes) is 3. The fourth-order valence-corrected chi connectivity index (χ4v) is 13.9. The van der Waals surface area contributed by atoms with Crippen molar-refractivity contribution in [3.05, 3.63) is 30.3 Å². The number of rotatable bonds is 14. The summed E-state index contributed by atoms with van der Waals surface area (Å²) in [6.07, 6.45) is 5.15. The van der Waals surface area contributed by atoms with Gasteiger partial charge in [0.15, 0.2) is 0 Å². The molecular weight excluding hydrogens is 468 g/mol. The molecule has 3 rings (SSSR count). The first kappa shape index (κ1) is 29.0. The van der Waals surface area contributed by atoms with Gasteiger partial charge in [0, 0.05) is 65.6 Å². The fourth-order valence-electron chi connectivity index (χ4n) is 6.05. The van der Waals surface area contributed by atoms with Gasteiger partial charge in [-0.3, -0.25) is 0 Å². The highest BCUT2D eigenvalue weighted by atomic mass is 28.4. The highest BCUT2D eigenvalue weighted by molar-refractivity contribution is 6.87. The van der Waals surface area contributed by atoms with E-state index in [1.807, 2.05) is 0 Å². The lowest BCUT2D eigenvalue weighted by Gasteiger charge is -2.53. The van der Waals surface area contributed by atoms with E-state index in [0.717, 1.165) is 19.3 Å². The van der Waals surface area contributed by atoms with Crippen molar-refractivity contribution in [1.29, 1.82) is 0 Å². The third-order valence-electron chi connectivity index (χ3n) is 8.09. The lowest BCUT2D eigenvalue weighted by atomic mass is 10.2. The Balaban J connectivity index is 1.70. The maximum absolute atomic E-state index is 6.07. The average Bonchev–Trinajstić information content (AvgIpc) is 2.86. The largest absolute Gasteiger partial charge is 0.395 e. The van der Waals surface area contributed by atoms with Gasteiger partial charge in [-0.2, -0.15) is 0 Å². The van der Waals surface area contributed by atoms with E-state index in [4.69, 9.17) is 8.85 Å². The molecule has 0 spiro atoms. The highest BCUT2D eigenvalue weighted by Gasteiger charge is 2.48. The van der Waals surface area contributed by atoms with E-state index >= 15 is 0 Å². The van der Waals surface area contributed by atoms with Gasteiger partial charge in [0.2, 0.25) is 8.40 Å². The van der Waals surface area contributed by atoms with Gasteiger partial charge in [-0.1, -0.05) is 56.0 Å². The molecule has 1 aromatic carbocycles. The Bertz CT molecular complexity index is 682. The van der Waals surface area contributed by atoms with Crippen LogP contribution in [-0.4, -0.2) is 116 Å². The van der Waals surface area contributed by atoms with Crippen molar-refractivity contribution >= 4 is 22.1 Å². The maximum atomic E-state index is 6.07. The number of piperazine rings is 2. The summed E-state index contributed by atoms with van der Waals surface area (Å²) < 4.78 is 18.1. The van der Waals surface area contributed by atoms with Gasteiger partial charge in [0.25, 0.3) is 0 Å². The molecule has 0 N–H and O–H groups in total. The van der Waals surface area contributed by atoms with Crippen LogP contribution in [-0.2, 0) is 8.85 Å². The predicted molar refractivity (Wildman–Crippen MR) is 153 cm³/mol. The second kappa shape index (κ2) is 14.4. The Labute approximate surface area is 218 Å². The topological polar surface area (TPSA) is 31.4 Å². The van der Waals surface area contributed by atoms with E-state index in [1.54, 1.807) is 5.19 Å². The van der Waals surface area contributed by atoms with Crippen molar-refractivity contribution in [3.8, 4) is 0 Å². The van der Waals surface area contributed by atoms with Crippen molar-refractivity contribution in [1.82, 2.24) is 18.9 Å². The Morgan fingerprint density at radius 3 is 1.57 bits per heavy atom. The predicted octanol–water partition coefficient (Wildman–Crippen LogP) is 3.54. The van der Waals surface area contributed by atoms with Gasteiger partial charge in [-0.15, -0.1) is 0 Å². The molecule has 0 atom stereocenters. The first-order chi connectivity index (χ1) is 16.9. The van der Waals surface area contributed by atoms with Crippen LogP contribution >= 0.6 is 0 Å². The Morgan fingerprint density at radius 2 is 1.11 bits per heavy atom. The number of benzene rings is 1. The van der Waals surface area contributed by atoms with Crippen LogP contribution in [0, 0.1) is 0 Å². The first-order valence-electron chi connectivity index (χ1n) is 14.1. The fraction of sp³-hybridized carbons (Fsp3) is 0.778. The second-order valence-electron chi connectivity index (χ2n) is 10.7. The van der Waals surface area contributed by atoms with Crippen LogP contribution in [0.25, 0.3) is 0 Å². The Morgan fingerprint density at radius 1 is 0.657 bits per heavy atom. The quantitative estimate of drug-likeness (QED) is 0.276. The van der Waals surface area contributed by atoms with Gasteiger partial charge in [0.05, 0.1) is 0 Å². The zero-order valence-corrected chi connectivity index (χ0v) is 25.3. The van der Waals surface area contributed by atoms with Crippen molar-refractivity contribution in [2.75, 3.05) is 79.7 Å². The molecule has 0 aromatic heterocycles. The van der Waals surface area contributed by atoms with Gasteiger partial charge in [-0.05, 0) is 51.8 Å². The Hall–Kier alpha value is -0.586. The van der Waals surface area contributed by atoms with Crippen LogP contribution in [0.2, 0.25) is 18.6 Å². The van der Waals surface area contributed by atoms with Crippen LogP contribution in [0.5, 0.6) is 0 Å². The SMILES string of the molecule is CCO[Si](C)(CCCCCC[Si](c1ccccc1)(N1CCN(C)CC1)N1CCN(C)CC1)OCC. The monoisotopic (exact) mass is 520 g/mol. The van der Waals surface area contributed by atoms with Crippen molar-refractivity contribution in [2.24, 2.45) is 0 Å². The molecule has 2 aliphatic rings. The molecule has 0 radical (unpaired) electrons. The van der Waals surface area contributed by atoms with E-state index in [9.17, 15) is 0 Å². The normalized spacial score (nSPS) is 19.9. The van der Waals surface area contributed by atoms with E-state index in [1.165, 1.54) is 84.1 Å². The standard InChI is InChI=1S/C27H52N4O2Si2/c1-6-32-34(5,33-7-2)25-13-8-9-14-26-35(27-15-11-10-12-16-27,30-21-17-28(3)18-22-30)31-23-19-29(4)20-24-31/h10-12,15-16H,6-9,13-14,17-26H2,1-5H3. The number of hydrogen-bond acceptors (Lipinski definition) is 6. The van der Waals surface area contributed by atoms with E-state index in [-0.39, 0.29) is 0 Å². The summed E-state index contributed by atoms with van der Waals surface area (Å²) in [6.45, 7) is 17.5. The number of nitrogens with zero attached hydrogens (tertiary/aromatic N) is 4. The molecule has 200 valence electrons. The van der Waals surface area contributed by atoms with Gasteiger partial charge < -0.3 is 27.8 Å². The third-order valence-corrected chi connectivity index (χ3v) is 16.5. The van der Waals surface area contributed by atoms with E-state index in [2.05, 4.69) is 83.8 Å². The minimum absolute atomic E-state index is 0.768. The highest BCUT2D eigenvalue weighted by Crippen LogP contribution is 2.27. The van der Waals surface area contributed by atoms with E-state index in [0.29, 0.717) is 0 Å². The maximum Gasteiger partial charge on any atom is 0.334 e. The molecule has 2 aliphatic heterocycles. The van der Waals surface area contributed by atoms with E-state index < -0.39 is 17.0 Å². The molecule has 0 saturated carbocycles. The molecule has 0 aliphatic carbocycles. The average molecular weight is 521 g/mol. The number of likely N-dealkylation sites (N-methyl/N-ethyl adjacent to an activating group) is 2. The van der Waals surface area contributed by atoms with Crippen molar-refractivity contribution < 1.29 is 8.85 Å². The molecule has 8 heteroatoms. The molecule has 2 saturated heterocycles. The molecule has 2 heterocycles. The molecular formula is C27H52N4O2Si2.